The normalized spacial score (nSPS) is 26.1. The molecule has 1 amide bonds. The van der Waals surface area contributed by atoms with E-state index in [2.05, 4.69) is 19.2 Å². The third kappa shape index (κ3) is 4.35. The van der Waals surface area contributed by atoms with Crippen molar-refractivity contribution in [1.82, 2.24) is 10.2 Å². The Kier molecular flexibility index (Phi) is 5.08. The van der Waals surface area contributed by atoms with Crippen molar-refractivity contribution in [3.8, 4) is 0 Å². The average molecular weight is 286 g/mol. The number of rotatable bonds is 3. The molecule has 0 spiro atoms. The van der Waals surface area contributed by atoms with Crippen molar-refractivity contribution in [3.63, 3.8) is 0 Å². The molecule has 0 bridgehead atoms. The van der Waals surface area contributed by atoms with Crippen LogP contribution in [-0.4, -0.2) is 47.1 Å². The van der Waals surface area contributed by atoms with Crippen LogP contribution in [0.2, 0.25) is 0 Å². The Hall–Kier alpha value is -0.810. The first-order chi connectivity index (χ1) is 8.94. The minimum absolute atomic E-state index is 0.0243. The zero-order chi connectivity index (χ0) is 15.7. The van der Waals surface area contributed by atoms with Crippen molar-refractivity contribution >= 4 is 6.09 Å². The van der Waals surface area contributed by atoms with E-state index in [1.165, 1.54) is 0 Å². The number of nitrogens with zero attached hydrogens (tertiary/aromatic N) is 1. The zero-order valence-corrected chi connectivity index (χ0v) is 14.1. The van der Waals surface area contributed by atoms with Crippen LogP contribution in [0.4, 0.5) is 4.79 Å². The molecule has 1 fully saturated rings. The Morgan fingerprint density at radius 3 is 2.40 bits per heavy atom. The predicted molar refractivity (Wildman–Crippen MR) is 79.6 cm³/mol. The summed E-state index contributed by atoms with van der Waals surface area (Å²) in [5.41, 5.74) is -1.15. The van der Waals surface area contributed by atoms with Gasteiger partial charge in [0.05, 0.1) is 12.1 Å². The average Bonchev–Trinajstić information content (AvgIpc) is 2.41. The molecule has 118 valence electrons. The first-order valence-corrected chi connectivity index (χ1v) is 7.37. The Morgan fingerprint density at radius 1 is 1.40 bits per heavy atom. The Labute approximate surface area is 123 Å². The van der Waals surface area contributed by atoms with Gasteiger partial charge >= 0.3 is 6.09 Å². The lowest BCUT2D eigenvalue weighted by Crippen LogP contribution is -2.53. The summed E-state index contributed by atoms with van der Waals surface area (Å²) < 4.78 is 11.4. The lowest BCUT2D eigenvalue weighted by atomic mass is 10.1. The van der Waals surface area contributed by atoms with Gasteiger partial charge in [-0.3, -0.25) is 4.90 Å². The SMILES string of the molecule is CC(C)NC[C@H]1[C@@H](C)OC(C)(C)N1C(=O)OC(C)(C)C. The first kappa shape index (κ1) is 17.2. The number of nitrogens with one attached hydrogen (secondary N) is 1. The van der Waals surface area contributed by atoms with Crippen LogP contribution in [0, 0.1) is 0 Å². The van der Waals surface area contributed by atoms with Crippen LogP contribution in [0.3, 0.4) is 0 Å². The van der Waals surface area contributed by atoms with Crippen LogP contribution >= 0.6 is 0 Å². The van der Waals surface area contributed by atoms with Gasteiger partial charge in [-0.1, -0.05) is 13.8 Å². The van der Waals surface area contributed by atoms with Gasteiger partial charge in [0.1, 0.15) is 11.3 Å². The second kappa shape index (κ2) is 5.90. The van der Waals surface area contributed by atoms with Crippen molar-refractivity contribution < 1.29 is 14.3 Å². The molecule has 1 aliphatic rings. The van der Waals surface area contributed by atoms with Gasteiger partial charge in [0, 0.05) is 12.6 Å². The zero-order valence-electron chi connectivity index (χ0n) is 14.1. The molecule has 1 N–H and O–H groups in total. The number of hydrogen-bond donors (Lipinski definition) is 1. The molecular weight excluding hydrogens is 256 g/mol. The first-order valence-electron chi connectivity index (χ1n) is 7.37. The van der Waals surface area contributed by atoms with E-state index in [9.17, 15) is 4.79 Å². The van der Waals surface area contributed by atoms with Gasteiger partial charge in [0.15, 0.2) is 0 Å². The summed E-state index contributed by atoms with van der Waals surface area (Å²) in [6.07, 6.45) is -0.342. The third-order valence-electron chi connectivity index (χ3n) is 3.25. The van der Waals surface area contributed by atoms with Crippen molar-refractivity contribution in [1.29, 1.82) is 0 Å². The highest BCUT2D eigenvalue weighted by Crippen LogP contribution is 2.33. The quantitative estimate of drug-likeness (QED) is 0.866. The Bertz CT molecular complexity index is 348. The topological polar surface area (TPSA) is 50.8 Å². The number of carbonyl (C=O) groups is 1. The summed E-state index contributed by atoms with van der Waals surface area (Å²) in [4.78, 5) is 14.2. The molecule has 0 aliphatic carbocycles. The number of amides is 1. The maximum atomic E-state index is 12.5. The second-order valence-corrected chi connectivity index (χ2v) is 7.25. The second-order valence-electron chi connectivity index (χ2n) is 7.25. The molecule has 5 nitrogen and oxygen atoms in total. The summed E-state index contributed by atoms with van der Waals surface area (Å²) in [6, 6.07) is 0.341. The van der Waals surface area contributed by atoms with Gasteiger partial charge in [0.2, 0.25) is 0 Å². The lowest BCUT2D eigenvalue weighted by Gasteiger charge is -2.35. The molecule has 0 radical (unpaired) electrons. The van der Waals surface area contributed by atoms with Crippen LogP contribution in [0.1, 0.15) is 55.4 Å². The summed E-state index contributed by atoms with van der Waals surface area (Å²) in [7, 11) is 0. The molecule has 1 saturated heterocycles. The van der Waals surface area contributed by atoms with E-state index in [0.717, 1.165) is 0 Å². The highest BCUT2D eigenvalue weighted by molar-refractivity contribution is 5.70. The van der Waals surface area contributed by atoms with Gasteiger partial charge in [-0.15, -0.1) is 0 Å². The van der Waals surface area contributed by atoms with Crippen LogP contribution in [0.5, 0.6) is 0 Å². The highest BCUT2D eigenvalue weighted by Gasteiger charge is 2.49. The van der Waals surface area contributed by atoms with Gasteiger partial charge in [0.25, 0.3) is 0 Å². The molecule has 0 aromatic heterocycles. The molecule has 20 heavy (non-hydrogen) atoms. The largest absolute Gasteiger partial charge is 0.444 e. The van der Waals surface area contributed by atoms with Crippen LogP contribution < -0.4 is 5.32 Å². The van der Waals surface area contributed by atoms with Crippen molar-refractivity contribution in [2.45, 2.75) is 84.9 Å². The fourth-order valence-corrected chi connectivity index (χ4v) is 2.48. The van der Waals surface area contributed by atoms with E-state index < -0.39 is 11.3 Å². The standard InChI is InChI=1S/C15H30N2O3/c1-10(2)16-9-12-11(3)19-15(7,8)17(12)13(18)20-14(4,5)6/h10-12,16H,9H2,1-8H3/t11-,12+/m1/s1. The molecule has 1 heterocycles. The molecule has 0 aromatic carbocycles. The number of ether oxygens (including phenoxy) is 2. The van der Waals surface area contributed by atoms with E-state index in [1.807, 2.05) is 41.5 Å². The molecule has 2 atom stereocenters. The monoisotopic (exact) mass is 286 g/mol. The van der Waals surface area contributed by atoms with E-state index in [-0.39, 0.29) is 18.2 Å². The van der Waals surface area contributed by atoms with Crippen LogP contribution in [-0.2, 0) is 9.47 Å². The van der Waals surface area contributed by atoms with E-state index in [4.69, 9.17) is 9.47 Å². The van der Waals surface area contributed by atoms with E-state index in [1.54, 1.807) is 4.90 Å². The molecule has 0 unspecified atom stereocenters. The maximum absolute atomic E-state index is 12.5. The smallest absolute Gasteiger partial charge is 0.412 e. The summed E-state index contributed by atoms with van der Waals surface area (Å²) in [5.74, 6) is 0. The lowest BCUT2D eigenvalue weighted by molar-refractivity contribution is -0.0756. The molecule has 0 saturated carbocycles. The predicted octanol–water partition coefficient (Wildman–Crippen LogP) is 2.74. The molecule has 1 aliphatic heterocycles. The van der Waals surface area contributed by atoms with E-state index >= 15 is 0 Å². The summed E-state index contributed by atoms with van der Waals surface area (Å²) in [5, 5.41) is 3.37. The van der Waals surface area contributed by atoms with E-state index in [0.29, 0.717) is 12.6 Å². The fraction of sp³-hybridized carbons (Fsp3) is 0.933. The van der Waals surface area contributed by atoms with Gasteiger partial charge in [-0.2, -0.15) is 0 Å². The van der Waals surface area contributed by atoms with Crippen LogP contribution in [0.15, 0.2) is 0 Å². The summed E-state index contributed by atoms with van der Waals surface area (Å²) in [6.45, 7) is 16.3. The van der Waals surface area contributed by atoms with Gasteiger partial charge in [-0.05, 0) is 41.5 Å². The minimum Gasteiger partial charge on any atom is -0.444 e. The summed E-state index contributed by atoms with van der Waals surface area (Å²) >= 11 is 0. The van der Waals surface area contributed by atoms with Crippen molar-refractivity contribution in [2.24, 2.45) is 0 Å². The van der Waals surface area contributed by atoms with Gasteiger partial charge < -0.3 is 14.8 Å². The van der Waals surface area contributed by atoms with Crippen LogP contribution in [0.25, 0.3) is 0 Å². The number of hydrogen-bond acceptors (Lipinski definition) is 4. The maximum Gasteiger partial charge on any atom is 0.412 e. The fourth-order valence-electron chi connectivity index (χ4n) is 2.48. The third-order valence-corrected chi connectivity index (χ3v) is 3.25. The highest BCUT2D eigenvalue weighted by atomic mass is 16.6. The number of carbonyl (C=O) groups excluding carboxylic acids is 1. The molecule has 0 aromatic rings. The van der Waals surface area contributed by atoms with Crippen molar-refractivity contribution in [2.75, 3.05) is 6.54 Å². The van der Waals surface area contributed by atoms with Gasteiger partial charge in [-0.25, -0.2) is 4.79 Å². The minimum atomic E-state index is -0.648. The molecular formula is C15H30N2O3. The molecule has 5 heteroatoms. The van der Waals surface area contributed by atoms with Crippen molar-refractivity contribution in [3.05, 3.63) is 0 Å². The molecule has 1 rings (SSSR count). The Morgan fingerprint density at radius 2 is 1.95 bits per heavy atom. The Balaban J connectivity index is 2.87.